The Kier molecular flexibility index (Phi) is 6.86. The van der Waals surface area contributed by atoms with Crippen molar-refractivity contribution in [2.24, 2.45) is 23.5 Å². The summed E-state index contributed by atoms with van der Waals surface area (Å²) < 4.78 is 12.7. The van der Waals surface area contributed by atoms with E-state index in [-0.39, 0.29) is 0 Å². The van der Waals surface area contributed by atoms with Crippen molar-refractivity contribution in [3.05, 3.63) is 0 Å². The van der Waals surface area contributed by atoms with E-state index in [1.165, 1.54) is 25.7 Å². The topological polar surface area (TPSA) is 43.1 Å². The van der Waals surface area contributed by atoms with Crippen molar-refractivity contribution in [2.75, 3.05) is 6.54 Å². The molecule has 1 fully saturated rings. The first kappa shape index (κ1) is 16.2. The highest BCUT2D eigenvalue weighted by Gasteiger charge is 2.35. The molecule has 1 saturated carbocycles. The van der Waals surface area contributed by atoms with Gasteiger partial charge in [0, 0.05) is 21.3 Å². The number of hydrogen-bond acceptors (Lipinski definition) is 2. The molecule has 3 heteroatoms. The minimum Gasteiger partial charge on any atom is -0.330 e. The molecule has 108 valence electrons. The minimum absolute atomic E-state index is 0.296. The first-order valence-electron chi connectivity index (χ1n) is 7.60. The molecule has 0 heterocycles. The third-order valence-electron chi connectivity index (χ3n) is 4.64. The Labute approximate surface area is 116 Å². The predicted molar refractivity (Wildman–Crippen MR) is 81.0 cm³/mol. The molecule has 0 aromatic rings. The molecule has 0 saturated heterocycles. The van der Waals surface area contributed by atoms with Crippen LogP contribution in [0.5, 0.6) is 0 Å². The normalized spacial score (nSPS) is 32.4. The predicted octanol–water partition coefficient (Wildman–Crippen LogP) is 3.32. The fourth-order valence-electron chi connectivity index (χ4n) is 3.04. The Bertz CT molecular complexity index is 267. The molecule has 1 rings (SSSR count). The van der Waals surface area contributed by atoms with Crippen LogP contribution in [0.2, 0.25) is 0 Å². The molecular formula is C15H31NOS. The van der Waals surface area contributed by atoms with Gasteiger partial charge in [-0.1, -0.05) is 47.0 Å². The van der Waals surface area contributed by atoms with Gasteiger partial charge in [-0.3, -0.25) is 4.21 Å². The second kappa shape index (κ2) is 7.64. The summed E-state index contributed by atoms with van der Waals surface area (Å²) in [4.78, 5) is 0. The highest BCUT2D eigenvalue weighted by Crippen LogP contribution is 2.35. The summed E-state index contributed by atoms with van der Waals surface area (Å²) in [5.41, 5.74) is 5.89. The summed E-state index contributed by atoms with van der Waals surface area (Å²) >= 11 is 0. The minimum atomic E-state index is -0.716. The summed E-state index contributed by atoms with van der Waals surface area (Å²) in [5.74, 6) is 1.77. The largest absolute Gasteiger partial charge is 0.330 e. The molecule has 5 unspecified atom stereocenters. The molecule has 0 bridgehead atoms. The first-order chi connectivity index (χ1) is 8.51. The first-order valence-corrected chi connectivity index (χ1v) is 8.88. The summed E-state index contributed by atoms with van der Waals surface area (Å²) in [5, 5.41) is 0.641. The van der Waals surface area contributed by atoms with E-state index in [1.54, 1.807) is 0 Å². The van der Waals surface area contributed by atoms with Crippen LogP contribution in [0.3, 0.4) is 0 Å². The van der Waals surface area contributed by atoms with Gasteiger partial charge < -0.3 is 5.73 Å². The van der Waals surface area contributed by atoms with Crippen LogP contribution < -0.4 is 5.73 Å². The lowest BCUT2D eigenvalue weighted by Crippen LogP contribution is -2.41. The van der Waals surface area contributed by atoms with Gasteiger partial charge >= 0.3 is 0 Å². The molecule has 1 aliphatic rings. The van der Waals surface area contributed by atoms with Gasteiger partial charge in [0.25, 0.3) is 0 Å². The summed E-state index contributed by atoms with van der Waals surface area (Å²) in [6, 6.07) is 0. The van der Waals surface area contributed by atoms with Crippen LogP contribution in [0.1, 0.15) is 59.8 Å². The number of nitrogens with two attached hydrogens (primary N) is 1. The van der Waals surface area contributed by atoms with E-state index in [0.717, 1.165) is 12.3 Å². The molecule has 0 spiro atoms. The molecule has 0 aliphatic heterocycles. The van der Waals surface area contributed by atoms with Crippen molar-refractivity contribution in [3.8, 4) is 0 Å². The van der Waals surface area contributed by atoms with Gasteiger partial charge in [0.15, 0.2) is 0 Å². The van der Waals surface area contributed by atoms with E-state index < -0.39 is 10.8 Å². The quantitative estimate of drug-likeness (QED) is 0.806. The molecule has 1 aliphatic carbocycles. The SMILES string of the molecule is CCCC1CCC(CN)C(S(=O)C(C)C(C)C)C1. The zero-order valence-corrected chi connectivity index (χ0v) is 13.3. The molecule has 0 amide bonds. The summed E-state index contributed by atoms with van der Waals surface area (Å²) in [6.45, 7) is 9.44. The third-order valence-corrected chi connectivity index (χ3v) is 7.09. The van der Waals surface area contributed by atoms with Crippen molar-refractivity contribution < 1.29 is 4.21 Å². The van der Waals surface area contributed by atoms with Gasteiger partial charge in [-0.15, -0.1) is 0 Å². The molecule has 2 N–H and O–H groups in total. The van der Waals surface area contributed by atoms with Crippen LogP contribution in [0.25, 0.3) is 0 Å². The molecule has 2 nitrogen and oxygen atoms in total. The van der Waals surface area contributed by atoms with E-state index in [9.17, 15) is 4.21 Å². The average molecular weight is 273 g/mol. The Hall–Kier alpha value is 0.110. The summed E-state index contributed by atoms with van der Waals surface area (Å²) in [7, 11) is -0.716. The van der Waals surface area contributed by atoms with E-state index in [2.05, 4.69) is 27.7 Å². The standard InChI is InChI=1S/C15H31NOS/c1-5-6-13-7-8-14(10-16)15(9-13)18(17)12(4)11(2)3/h11-15H,5-10,16H2,1-4H3. The zero-order chi connectivity index (χ0) is 13.7. The van der Waals surface area contributed by atoms with Gasteiger partial charge in [-0.2, -0.15) is 0 Å². The van der Waals surface area contributed by atoms with Gasteiger partial charge in [0.2, 0.25) is 0 Å². The molecular weight excluding hydrogens is 242 g/mol. The van der Waals surface area contributed by atoms with Crippen LogP contribution in [0.15, 0.2) is 0 Å². The molecule has 5 atom stereocenters. The van der Waals surface area contributed by atoms with Crippen LogP contribution in [-0.2, 0) is 10.8 Å². The maximum Gasteiger partial charge on any atom is 0.0393 e. The van der Waals surface area contributed by atoms with Gasteiger partial charge in [-0.25, -0.2) is 0 Å². The fraction of sp³-hybridized carbons (Fsp3) is 1.00. The lowest BCUT2D eigenvalue weighted by Gasteiger charge is -2.37. The van der Waals surface area contributed by atoms with Gasteiger partial charge in [-0.05, 0) is 37.1 Å². The number of rotatable bonds is 6. The highest BCUT2D eigenvalue weighted by molar-refractivity contribution is 7.86. The number of hydrogen-bond donors (Lipinski definition) is 1. The van der Waals surface area contributed by atoms with Crippen LogP contribution in [0.4, 0.5) is 0 Å². The Morgan fingerprint density at radius 2 is 1.94 bits per heavy atom. The van der Waals surface area contributed by atoms with E-state index in [1.807, 2.05) is 0 Å². The maximum absolute atomic E-state index is 12.7. The van der Waals surface area contributed by atoms with Gasteiger partial charge in [0.05, 0.1) is 0 Å². The molecule has 0 aromatic carbocycles. The lowest BCUT2D eigenvalue weighted by molar-refractivity contribution is 0.271. The zero-order valence-electron chi connectivity index (χ0n) is 12.5. The van der Waals surface area contributed by atoms with Crippen molar-refractivity contribution in [1.29, 1.82) is 0 Å². The Morgan fingerprint density at radius 1 is 1.28 bits per heavy atom. The highest BCUT2D eigenvalue weighted by atomic mass is 32.2. The Morgan fingerprint density at radius 3 is 2.44 bits per heavy atom. The van der Waals surface area contributed by atoms with Crippen LogP contribution >= 0.6 is 0 Å². The van der Waals surface area contributed by atoms with Crippen molar-refractivity contribution in [2.45, 2.75) is 70.3 Å². The maximum atomic E-state index is 12.7. The van der Waals surface area contributed by atoms with Crippen LogP contribution in [0, 0.1) is 17.8 Å². The second-order valence-electron chi connectivity index (χ2n) is 6.28. The van der Waals surface area contributed by atoms with Crippen LogP contribution in [-0.4, -0.2) is 21.3 Å². The van der Waals surface area contributed by atoms with Crippen molar-refractivity contribution in [3.63, 3.8) is 0 Å². The molecule has 18 heavy (non-hydrogen) atoms. The van der Waals surface area contributed by atoms with Gasteiger partial charge in [0.1, 0.15) is 0 Å². The van der Waals surface area contributed by atoms with Crippen molar-refractivity contribution in [1.82, 2.24) is 0 Å². The molecule has 0 radical (unpaired) electrons. The van der Waals surface area contributed by atoms with E-state index >= 15 is 0 Å². The average Bonchev–Trinajstić information content (AvgIpc) is 2.37. The fourth-order valence-corrected chi connectivity index (χ4v) is 5.22. The molecule has 0 aromatic heterocycles. The lowest BCUT2D eigenvalue weighted by atomic mass is 9.80. The Balaban J connectivity index is 2.70. The van der Waals surface area contributed by atoms with E-state index in [4.69, 9.17) is 5.73 Å². The summed E-state index contributed by atoms with van der Waals surface area (Å²) in [6.07, 6.45) is 6.15. The third kappa shape index (κ3) is 4.06. The smallest absolute Gasteiger partial charge is 0.0393 e. The second-order valence-corrected chi connectivity index (χ2v) is 8.29. The van der Waals surface area contributed by atoms with E-state index in [0.29, 0.717) is 28.9 Å². The van der Waals surface area contributed by atoms with Crippen molar-refractivity contribution >= 4 is 10.8 Å². The monoisotopic (exact) mass is 273 g/mol.